The average Bonchev–Trinajstić information content (AvgIpc) is 0.928. The van der Waals surface area contributed by atoms with E-state index in [0.29, 0.717) is 32.1 Å². The molecule has 0 fully saturated rings. The number of carbonyl (C=O) groups excluding carboxylic acids is 4. The van der Waals surface area contributed by atoms with Crippen LogP contribution in [0, 0.1) is 0 Å². The van der Waals surface area contributed by atoms with Crippen LogP contribution < -0.4 is 0 Å². The smallest absolute Gasteiger partial charge is 0.462 e. The Bertz CT molecular complexity index is 2730. The van der Waals surface area contributed by atoms with Crippen molar-refractivity contribution in [2.24, 2.45) is 0 Å². The van der Waals surface area contributed by atoms with Crippen molar-refractivity contribution in [3.63, 3.8) is 0 Å². The molecule has 0 saturated carbocycles. The number of esters is 4. The molecular weight excluding hydrogens is 1380 g/mol. The largest absolute Gasteiger partial charge is 0.472 e. The Morgan fingerprint density at radius 3 is 0.887 bits per heavy atom. The second-order valence-electron chi connectivity index (χ2n) is 25.9. The number of aliphatic hydroxyl groups is 1. The Morgan fingerprint density at radius 1 is 0.283 bits per heavy atom. The van der Waals surface area contributed by atoms with Crippen molar-refractivity contribution in [1.82, 2.24) is 0 Å². The van der Waals surface area contributed by atoms with Gasteiger partial charge in [-0.1, -0.05) is 287 Å². The van der Waals surface area contributed by atoms with Crippen LogP contribution in [0.1, 0.15) is 285 Å². The quantitative estimate of drug-likeness (QED) is 0.0169. The summed E-state index contributed by atoms with van der Waals surface area (Å²) in [6.07, 6.45) is 93.4. The summed E-state index contributed by atoms with van der Waals surface area (Å²) in [5.41, 5.74) is 0. The predicted octanol–water partition coefficient (Wildman–Crippen LogP) is 23.6. The Labute approximate surface area is 641 Å². The van der Waals surface area contributed by atoms with Crippen LogP contribution in [0.25, 0.3) is 0 Å². The molecule has 0 rings (SSSR count). The van der Waals surface area contributed by atoms with E-state index in [1.807, 2.05) is 24.3 Å². The van der Waals surface area contributed by atoms with Gasteiger partial charge in [-0.3, -0.25) is 37.3 Å². The molecule has 0 heterocycles. The van der Waals surface area contributed by atoms with E-state index < -0.39 is 97.5 Å². The molecule has 17 nitrogen and oxygen atoms in total. The number of phosphoric acid groups is 2. The molecule has 106 heavy (non-hydrogen) atoms. The van der Waals surface area contributed by atoms with E-state index >= 15 is 0 Å². The van der Waals surface area contributed by atoms with Crippen LogP contribution in [0.4, 0.5) is 0 Å². The standard InChI is InChI=1S/C87H140O17P2/c1-5-9-13-17-21-25-29-33-37-39-40-42-46-48-52-56-60-64-68-72-85(90)98-78-83(104-87(92)74-70-66-62-58-54-50-44-36-32-28-24-20-16-12-8-4)80-102-106(95,96)100-76-81(88)75-99-105(93,94)101-79-82(103-86(91)73-69-65-61-57-53-49-43-35-31-27-23-19-15-11-7-3)77-97-84(89)71-67-63-59-55-51-47-45-41-38-34-30-26-22-18-14-10-6-2/h9-10,12-14,16,21-22,24-26,28,33-38,40,42-45,47,54-55,58-59,66,70,81-83,88H,5-8,11,15,17-20,23,27,29-32,39,41,46,48-53,56-57,60-65,67-69,71-80H2,1-4H3,(H,93,94)(H,95,96)/b13-9-,14-10-,16-12-,25-21-,26-22-,28-24-,37-33-,38-34-,42-40-,43-35-,44-36-,47-45-,58-54-,59-55-,70-66-. The Balaban J connectivity index is 5.50. The number of hydrogen-bond acceptors (Lipinski definition) is 15. The molecule has 0 spiro atoms. The number of carbonyl (C=O) groups is 4. The molecule has 5 unspecified atom stereocenters. The molecule has 5 atom stereocenters. The van der Waals surface area contributed by atoms with Crippen LogP contribution >= 0.6 is 15.6 Å². The van der Waals surface area contributed by atoms with Crippen LogP contribution in [-0.2, 0) is 65.4 Å². The summed E-state index contributed by atoms with van der Waals surface area (Å²) < 4.78 is 68.4. The van der Waals surface area contributed by atoms with Gasteiger partial charge in [-0.2, -0.15) is 0 Å². The van der Waals surface area contributed by atoms with E-state index in [9.17, 15) is 43.2 Å². The topological polar surface area (TPSA) is 237 Å². The molecule has 0 bridgehead atoms. The summed E-state index contributed by atoms with van der Waals surface area (Å²) in [7, 11) is -10.0. The molecule has 0 saturated heterocycles. The van der Waals surface area contributed by atoms with E-state index in [1.54, 1.807) is 12.2 Å². The van der Waals surface area contributed by atoms with Gasteiger partial charge in [0, 0.05) is 19.3 Å². The number of hydrogen-bond donors (Lipinski definition) is 3. The third-order valence-corrected chi connectivity index (χ3v) is 17.8. The van der Waals surface area contributed by atoms with Gasteiger partial charge in [0.1, 0.15) is 19.3 Å². The monoisotopic (exact) mass is 1520 g/mol. The lowest BCUT2D eigenvalue weighted by Crippen LogP contribution is -2.30. The first-order valence-electron chi connectivity index (χ1n) is 40.0. The van der Waals surface area contributed by atoms with Crippen molar-refractivity contribution >= 4 is 39.5 Å². The SMILES string of the molecule is CC/C=C\C/C=C\C/C=C\C/C=C\C/C=C\CCCC(=O)OCC(COP(=O)(O)OCC(O)COP(=O)(O)OCC(COC(=O)CCCCCCCC/C=C\C/C=C\C/C=C\C/C=C\CC)OC(=O)C/C=C\C/C=C\C/C=C\C/C=C\C/C=C\CC)OC(=O)CCCCCCC/C=C\CCCCCCCC. The summed E-state index contributed by atoms with van der Waals surface area (Å²) in [6, 6.07) is 0. The van der Waals surface area contributed by atoms with Gasteiger partial charge >= 0.3 is 39.5 Å². The van der Waals surface area contributed by atoms with Crippen LogP contribution in [0.3, 0.4) is 0 Å². The molecule has 0 amide bonds. The van der Waals surface area contributed by atoms with Crippen molar-refractivity contribution in [3.8, 4) is 0 Å². The Morgan fingerprint density at radius 2 is 0.538 bits per heavy atom. The van der Waals surface area contributed by atoms with E-state index in [1.165, 1.54) is 38.5 Å². The van der Waals surface area contributed by atoms with Crippen LogP contribution in [-0.4, -0.2) is 96.7 Å². The highest BCUT2D eigenvalue weighted by Crippen LogP contribution is 2.45. The molecule has 0 aliphatic rings. The lowest BCUT2D eigenvalue weighted by molar-refractivity contribution is -0.161. The van der Waals surface area contributed by atoms with Crippen molar-refractivity contribution in [2.45, 2.75) is 303 Å². The maximum absolute atomic E-state index is 13.1. The van der Waals surface area contributed by atoms with E-state index in [-0.39, 0.29) is 25.7 Å². The summed E-state index contributed by atoms with van der Waals surface area (Å²) in [5, 5.41) is 10.6. The van der Waals surface area contributed by atoms with Crippen molar-refractivity contribution in [2.75, 3.05) is 39.6 Å². The summed E-state index contributed by atoms with van der Waals surface area (Å²) in [6.45, 7) is 4.31. The second-order valence-corrected chi connectivity index (χ2v) is 28.8. The van der Waals surface area contributed by atoms with Gasteiger partial charge in [0.05, 0.1) is 32.8 Å². The summed E-state index contributed by atoms with van der Waals surface area (Å²) >= 11 is 0. The highest BCUT2D eigenvalue weighted by molar-refractivity contribution is 7.47. The fourth-order valence-electron chi connectivity index (χ4n) is 9.90. The first-order chi connectivity index (χ1) is 51.7. The van der Waals surface area contributed by atoms with Crippen molar-refractivity contribution in [1.29, 1.82) is 0 Å². The van der Waals surface area contributed by atoms with Crippen molar-refractivity contribution in [3.05, 3.63) is 182 Å². The van der Waals surface area contributed by atoms with Gasteiger partial charge in [-0.15, -0.1) is 0 Å². The molecule has 0 aromatic carbocycles. The normalized spacial score (nSPS) is 14.8. The zero-order chi connectivity index (χ0) is 77.4. The van der Waals surface area contributed by atoms with Crippen LogP contribution in [0.15, 0.2) is 182 Å². The summed E-state index contributed by atoms with van der Waals surface area (Å²) in [5.74, 6) is -2.43. The number of rotatable bonds is 73. The summed E-state index contributed by atoms with van der Waals surface area (Å²) in [4.78, 5) is 73.0. The Kier molecular flexibility index (Phi) is 73.1. The Hall–Kier alpha value is -5.84. The first-order valence-corrected chi connectivity index (χ1v) is 43.0. The molecule has 0 aromatic rings. The molecular formula is C87H140O17P2. The number of phosphoric ester groups is 2. The molecule has 0 aromatic heterocycles. The van der Waals surface area contributed by atoms with Crippen molar-refractivity contribution < 1.29 is 80.2 Å². The zero-order valence-corrected chi connectivity index (χ0v) is 67.3. The molecule has 0 aliphatic heterocycles. The fraction of sp³-hybridized carbons (Fsp3) is 0.609. The van der Waals surface area contributed by atoms with Crippen LogP contribution in [0.5, 0.6) is 0 Å². The molecule has 0 radical (unpaired) electrons. The van der Waals surface area contributed by atoms with Gasteiger partial charge < -0.3 is 33.8 Å². The van der Waals surface area contributed by atoms with Gasteiger partial charge in [-0.25, -0.2) is 9.13 Å². The molecule has 19 heteroatoms. The minimum atomic E-state index is -5.02. The molecule has 0 aliphatic carbocycles. The maximum Gasteiger partial charge on any atom is 0.472 e. The minimum Gasteiger partial charge on any atom is -0.462 e. The lowest BCUT2D eigenvalue weighted by atomic mass is 10.1. The van der Waals surface area contributed by atoms with Gasteiger partial charge in [0.25, 0.3) is 0 Å². The van der Waals surface area contributed by atoms with E-state index in [2.05, 4.69) is 174 Å². The number of allylic oxidation sites excluding steroid dienone is 29. The average molecular weight is 1520 g/mol. The number of unbranched alkanes of at least 4 members (excludes halogenated alkanes) is 18. The van der Waals surface area contributed by atoms with Crippen LogP contribution in [0.2, 0.25) is 0 Å². The van der Waals surface area contributed by atoms with Gasteiger partial charge in [-0.05, 0) is 154 Å². The van der Waals surface area contributed by atoms with Gasteiger partial charge in [0.2, 0.25) is 0 Å². The van der Waals surface area contributed by atoms with E-state index in [0.717, 1.165) is 161 Å². The number of aliphatic hydroxyl groups excluding tert-OH is 1. The van der Waals surface area contributed by atoms with Gasteiger partial charge in [0.15, 0.2) is 12.2 Å². The third kappa shape index (κ3) is 76.4. The highest BCUT2D eigenvalue weighted by atomic mass is 31.2. The lowest BCUT2D eigenvalue weighted by Gasteiger charge is -2.21. The molecule has 600 valence electrons. The van der Waals surface area contributed by atoms with E-state index in [4.69, 9.17) is 37.0 Å². The minimum absolute atomic E-state index is 0.0642. The number of ether oxygens (including phenoxy) is 4. The highest BCUT2D eigenvalue weighted by Gasteiger charge is 2.30. The predicted molar refractivity (Wildman–Crippen MR) is 436 cm³/mol. The molecule has 3 N–H and O–H groups in total. The second kappa shape index (κ2) is 77.3. The maximum atomic E-state index is 13.1. The first kappa shape index (κ1) is 100. The zero-order valence-electron chi connectivity index (χ0n) is 65.5. The third-order valence-electron chi connectivity index (χ3n) is 15.9. The fourth-order valence-corrected chi connectivity index (χ4v) is 11.5.